The van der Waals surface area contributed by atoms with Crippen LogP contribution in [0, 0.1) is 13.8 Å². The maximum absolute atomic E-state index is 11.7. The van der Waals surface area contributed by atoms with Gasteiger partial charge in [0.05, 0.1) is 0 Å². The molecule has 18 heavy (non-hydrogen) atoms. The summed E-state index contributed by atoms with van der Waals surface area (Å²) in [5, 5.41) is 6.50. The number of aryl methyl sites for hydroxylation is 2. The number of aromatic nitrogens is 1. The van der Waals surface area contributed by atoms with Gasteiger partial charge in [-0.25, -0.2) is 0 Å². The van der Waals surface area contributed by atoms with Crippen LogP contribution in [0.4, 0.5) is 0 Å². The molecule has 0 aliphatic rings. The van der Waals surface area contributed by atoms with E-state index in [0.717, 1.165) is 6.42 Å². The Kier molecular flexibility index (Phi) is 3.77. The van der Waals surface area contributed by atoms with E-state index in [1.54, 1.807) is 13.0 Å². The first kappa shape index (κ1) is 12.4. The number of carbonyl (C=O) groups is 1. The van der Waals surface area contributed by atoms with Crippen LogP contribution in [0.5, 0.6) is 0 Å². The van der Waals surface area contributed by atoms with Gasteiger partial charge in [-0.05, 0) is 31.4 Å². The van der Waals surface area contributed by atoms with Crippen molar-refractivity contribution in [2.75, 3.05) is 6.54 Å². The Bertz CT molecular complexity index is 546. The lowest BCUT2D eigenvalue weighted by Gasteiger charge is -2.06. The Morgan fingerprint density at radius 3 is 2.78 bits per heavy atom. The van der Waals surface area contributed by atoms with Crippen molar-refractivity contribution in [1.82, 2.24) is 10.5 Å². The average molecular weight is 244 g/mol. The van der Waals surface area contributed by atoms with Crippen LogP contribution in [-0.4, -0.2) is 17.6 Å². The fraction of sp³-hybridized carbons (Fsp3) is 0.286. The summed E-state index contributed by atoms with van der Waals surface area (Å²) < 4.78 is 4.86. The molecular weight excluding hydrogens is 228 g/mol. The van der Waals surface area contributed by atoms with Gasteiger partial charge in [0, 0.05) is 12.6 Å². The first-order valence-corrected chi connectivity index (χ1v) is 5.93. The standard InChI is InChI=1S/C14H16N2O2/c1-10-5-3-4-6-12(10)7-8-15-14(17)13-9-11(2)18-16-13/h3-6,9H,7-8H2,1-2H3,(H,15,17). The van der Waals surface area contributed by atoms with E-state index in [1.165, 1.54) is 11.1 Å². The van der Waals surface area contributed by atoms with Gasteiger partial charge in [0.15, 0.2) is 5.69 Å². The van der Waals surface area contributed by atoms with Crippen LogP contribution in [0.2, 0.25) is 0 Å². The number of nitrogens with one attached hydrogen (secondary N) is 1. The lowest BCUT2D eigenvalue weighted by atomic mass is 10.1. The molecule has 0 atom stereocenters. The molecule has 0 aliphatic heterocycles. The highest BCUT2D eigenvalue weighted by molar-refractivity contribution is 5.92. The molecule has 1 heterocycles. The fourth-order valence-electron chi connectivity index (χ4n) is 1.77. The van der Waals surface area contributed by atoms with Crippen LogP contribution in [0.1, 0.15) is 27.4 Å². The molecule has 1 aromatic carbocycles. The molecule has 0 bridgehead atoms. The summed E-state index contributed by atoms with van der Waals surface area (Å²) in [6.07, 6.45) is 0.815. The van der Waals surface area contributed by atoms with Crippen LogP contribution < -0.4 is 5.32 Å². The van der Waals surface area contributed by atoms with E-state index in [2.05, 4.69) is 29.5 Å². The Morgan fingerprint density at radius 2 is 2.11 bits per heavy atom. The minimum absolute atomic E-state index is 0.194. The van der Waals surface area contributed by atoms with E-state index in [9.17, 15) is 4.79 Å². The lowest BCUT2D eigenvalue weighted by molar-refractivity contribution is 0.0945. The van der Waals surface area contributed by atoms with Crippen molar-refractivity contribution in [3.8, 4) is 0 Å². The SMILES string of the molecule is Cc1cc(C(=O)NCCc2ccccc2C)no1. The molecule has 1 amide bonds. The van der Waals surface area contributed by atoms with Gasteiger partial charge in [0.25, 0.3) is 5.91 Å². The van der Waals surface area contributed by atoms with Crippen molar-refractivity contribution >= 4 is 5.91 Å². The van der Waals surface area contributed by atoms with Gasteiger partial charge in [-0.15, -0.1) is 0 Å². The van der Waals surface area contributed by atoms with Crippen molar-refractivity contribution < 1.29 is 9.32 Å². The molecular formula is C14H16N2O2. The molecule has 2 aromatic rings. The molecule has 4 heteroatoms. The number of rotatable bonds is 4. The minimum Gasteiger partial charge on any atom is -0.361 e. The van der Waals surface area contributed by atoms with Gasteiger partial charge in [-0.2, -0.15) is 0 Å². The molecule has 0 spiro atoms. The van der Waals surface area contributed by atoms with Crippen molar-refractivity contribution in [3.63, 3.8) is 0 Å². The van der Waals surface area contributed by atoms with Gasteiger partial charge < -0.3 is 9.84 Å². The van der Waals surface area contributed by atoms with Crippen LogP contribution in [0.15, 0.2) is 34.9 Å². The zero-order valence-corrected chi connectivity index (χ0v) is 10.6. The van der Waals surface area contributed by atoms with E-state index in [4.69, 9.17) is 4.52 Å². The summed E-state index contributed by atoms with van der Waals surface area (Å²) in [6, 6.07) is 9.78. The van der Waals surface area contributed by atoms with Gasteiger partial charge in [-0.1, -0.05) is 29.4 Å². The number of hydrogen-bond acceptors (Lipinski definition) is 3. The summed E-state index contributed by atoms with van der Waals surface area (Å²) in [5.41, 5.74) is 2.82. The summed E-state index contributed by atoms with van der Waals surface area (Å²) in [4.78, 5) is 11.7. The molecule has 1 N–H and O–H groups in total. The predicted octanol–water partition coefficient (Wildman–Crippen LogP) is 2.26. The third-order valence-corrected chi connectivity index (χ3v) is 2.80. The van der Waals surface area contributed by atoms with E-state index in [-0.39, 0.29) is 5.91 Å². The van der Waals surface area contributed by atoms with Crippen molar-refractivity contribution in [2.24, 2.45) is 0 Å². The highest BCUT2D eigenvalue weighted by Gasteiger charge is 2.09. The second-order valence-electron chi connectivity index (χ2n) is 4.26. The quantitative estimate of drug-likeness (QED) is 0.897. The second kappa shape index (κ2) is 5.49. The molecule has 0 radical (unpaired) electrons. The number of nitrogens with zero attached hydrogens (tertiary/aromatic N) is 1. The van der Waals surface area contributed by atoms with E-state index in [0.29, 0.717) is 18.0 Å². The van der Waals surface area contributed by atoms with Crippen molar-refractivity contribution in [2.45, 2.75) is 20.3 Å². The summed E-state index contributed by atoms with van der Waals surface area (Å²) >= 11 is 0. The third kappa shape index (κ3) is 2.97. The Morgan fingerprint density at radius 1 is 1.33 bits per heavy atom. The highest BCUT2D eigenvalue weighted by atomic mass is 16.5. The van der Waals surface area contributed by atoms with Crippen molar-refractivity contribution in [3.05, 3.63) is 52.9 Å². The van der Waals surface area contributed by atoms with Gasteiger partial charge in [0.2, 0.25) is 0 Å². The van der Waals surface area contributed by atoms with Gasteiger partial charge in [0.1, 0.15) is 5.76 Å². The van der Waals surface area contributed by atoms with Crippen LogP contribution in [-0.2, 0) is 6.42 Å². The molecule has 0 saturated carbocycles. The first-order chi connectivity index (χ1) is 8.66. The van der Waals surface area contributed by atoms with E-state index >= 15 is 0 Å². The van der Waals surface area contributed by atoms with Crippen LogP contribution in [0.25, 0.3) is 0 Å². The minimum atomic E-state index is -0.194. The van der Waals surface area contributed by atoms with Gasteiger partial charge >= 0.3 is 0 Å². The largest absolute Gasteiger partial charge is 0.361 e. The molecule has 2 rings (SSSR count). The Hall–Kier alpha value is -2.10. The van der Waals surface area contributed by atoms with Gasteiger partial charge in [-0.3, -0.25) is 4.79 Å². The maximum atomic E-state index is 11.7. The number of carbonyl (C=O) groups excluding carboxylic acids is 1. The predicted molar refractivity (Wildman–Crippen MR) is 68.5 cm³/mol. The molecule has 4 nitrogen and oxygen atoms in total. The second-order valence-corrected chi connectivity index (χ2v) is 4.26. The number of amides is 1. The number of benzene rings is 1. The zero-order valence-electron chi connectivity index (χ0n) is 10.6. The highest BCUT2D eigenvalue weighted by Crippen LogP contribution is 2.07. The molecule has 0 saturated heterocycles. The maximum Gasteiger partial charge on any atom is 0.273 e. The molecule has 0 fully saturated rings. The van der Waals surface area contributed by atoms with E-state index < -0.39 is 0 Å². The van der Waals surface area contributed by atoms with Crippen LogP contribution >= 0.6 is 0 Å². The fourth-order valence-corrected chi connectivity index (χ4v) is 1.77. The summed E-state index contributed by atoms with van der Waals surface area (Å²) in [7, 11) is 0. The lowest BCUT2D eigenvalue weighted by Crippen LogP contribution is -2.26. The Balaban J connectivity index is 1.86. The molecule has 1 aromatic heterocycles. The average Bonchev–Trinajstić information content (AvgIpc) is 2.78. The molecule has 0 aliphatic carbocycles. The smallest absolute Gasteiger partial charge is 0.273 e. The monoisotopic (exact) mass is 244 g/mol. The number of hydrogen-bond donors (Lipinski definition) is 1. The summed E-state index contributed by atoms with van der Waals surface area (Å²) in [5.74, 6) is 0.444. The molecule has 94 valence electrons. The van der Waals surface area contributed by atoms with E-state index in [1.807, 2.05) is 12.1 Å². The molecule has 0 unspecified atom stereocenters. The summed E-state index contributed by atoms with van der Waals surface area (Å²) in [6.45, 7) is 4.42. The first-order valence-electron chi connectivity index (χ1n) is 5.93. The Labute approximate surface area is 106 Å². The van der Waals surface area contributed by atoms with Crippen molar-refractivity contribution in [1.29, 1.82) is 0 Å². The topological polar surface area (TPSA) is 55.1 Å². The van der Waals surface area contributed by atoms with Crippen LogP contribution in [0.3, 0.4) is 0 Å². The zero-order chi connectivity index (χ0) is 13.0. The normalized spacial score (nSPS) is 10.3. The third-order valence-electron chi connectivity index (χ3n) is 2.80.